The zero-order valence-corrected chi connectivity index (χ0v) is 16.0. The van der Waals surface area contributed by atoms with Gasteiger partial charge in [0.1, 0.15) is 16.5 Å². The molecule has 0 spiro atoms. The van der Waals surface area contributed by atoms with E-state index in [1.807, 2.05) is 30.3 Å². The van der Waals surface area contributed by atoms with Crippen molar-refractivity contribution in [3.63, 3.8) is 0 Å². The van der Waals surface area contributed by atoms with E-state index in [0.29, 0.717) is 6.54 Å². The number of rotatable bonds is 6. The van der Waals surface area contributed by atoms with Crippen LogP contribution in [-0.4, -0.2) is 14.3 Å². The Morgan fingerprint density at radius 1 is 1.00 bits per heavy atom. The van der Waals surface area contributed by atoms with Crippen molar-refractivity contribution >= 4 is 27.6 Å². The highest BCUT2D eigenvalue weighted by Gasteiger charge is 2.21. The van der Waals surface area contributed by atoms with Crippen LogP contribution in [0.5, 0.6) is 5.75 Å². The molecule has 3 aromatic rings. The second-order valence-corrected chi connectivity index (χ2v) is 7.73. The van der Waals surface area contributed by atoms with Crippen LogP contribution in [0.15, 0.2) is 77.7 Å². The Morgan fingerprint density at radius 2 is 1.75 bits per heavy atom. The molecule has 0 heterocycles. The highest BCUT2D eigenvalue weighted by atomic mass is 35.5. The van der Waals surface area contributed by atoms with E-state index < -0.39 is 26.7 Å². The minimum Gasteiger partial charge on any atom is -0.379 e. The minimum absolute atomic E-state index is 0.0901. The highest BCUT2D eigenvalue weighted by Crippen LogP contribution is 2.26. The third-order valence-electron chi connectivity index (χ3n) is 3.76. The van der Waals surface area contributed by atoms with Gasteiger partial charge in [-0.25, -0.2) is 4.39 Å². The Hall–Kier alpha value is -2.90. The van der Waals surface area contributed by atoms with Gasteiger partial charge in [0.25, 0.3) is 5.91 Å². The van der Waals surface area contributed by atoms with Crippen molar-refractivity contribution in [2.24, 2.45) is 0 Å². The van der Waals surface area contributed by atoms with Gasteiger partial charge in [-0.3, -0.25) is 4.79 Å². The molecule has 0 bridgehead atoms. The van der Waals surface area contributed by atoms with Crippen molar-refractivity contribution in [1.82, 2.24) is 5.32 Å². The van der Waals surface area contributed by atoms with Crippen molar-refractivity contribution in [2.45, 2.75) is 11.4 Å². The molecule has 0 aliphatic rings. The van der Waals surface area contributed by atoms with E-state index in [1.54, 1.807) is 0 Å². The maximum atomic E-state index is 13.4. The number of carbonyl (C=O) groups is 1. The second-order valence-electron chi connectivity index (χ2n) is 5.81. The minimum atomic E-state index is -4.37. The summed E-state index contributed by atoms with van der Waals surface area (Å²) in [6.07, 6.45) is 0. The standard InChI is InChI=1S/C20H15ClFNO4S/c21-18-10-9-16(22)12-19(18)28(25,26)27-17-8-4-7-15(11-17)20(24)23-13-14-5-2-1-3-6-14/h1-12H,13H2,(H,23,24). The van der Waals surface area contributed by atoms with Crippen LogP contribution in [0.2, 0.25) is 5.02 Å². The normalized spacial score (nSPS) is 11.1. The number of amides is 1. The van der Waals surface area contributed by atoms with Gasteiger partial charge < -0.3 is 9.50 Å². The van der Waals surface area contributed by atoms with Crippen molar-refractivity contribution in [3.8, 4) is 5.75 Å². The predicted molar refractivity (Wildman–Crippen MR) is 103 cm³/mol. The molecule has 0 fully saturated rings. The number of benzene rings is 3. The van der Waals surface area contributed by atoms with Crippen molar-refractivity contribution < 1.29 is 21.8 Å². The number of halogens is 2. The predicted octanol–water partition coefficient (Wildman–Crippen LogP) is 4.18. The van der Waals surface area contributed by atoms with E-state index in [9.17, 15) is 17.6 Å². The van der Waals surface area contributed by atoms with Crippen molar-refractivity contribution in [2.75, 3.05) is 0 Å². The van der Waals surface area contributed by atoms with Crippen LogP contribution in [-0.2, 0) is 16.7 Å². The van der Waals surface area contributed by atoms with E-state index in [4.69, 9.17) is 15.8 Å². The van der Waals surface area contributed by atoms with Gasteiger partial charge in [-0.15, -0.1) is 0 Å². The molecule has 0 saturated carbocycles. The zero-order chi connectivity index (χ0) is 20.1. The van der Waals surface area contributed by atoms with Crippen LogP contribution in [0, 0.1) is 5.82 Å². The fraction of sp³-hybridized carbons (Fsp3) is 0.0500. The smallest absolute Gasteiger partial charge is 0.340 e. The molecule has 0 saturated heterocycles. The molecule has 0 aromatic heterocycles. The Labute approximate surface area is 166 Å². The molecule has 28 heavy (non-hydrogen) atoms. The lowest BCUT2D eigenvalue weighted by atomic mass is 10.2. The van der Waals surface area contributed by atoms with Gasteiger partial charge in [-0.05, 0) is 42.0 Å². The fourth-order valence-electron chi connectivity index (χ4n) is 2.41. The maximum Gasteiger partial charge on any atom is 0.340 e. The summed E-state index contributed by atoms with van der Waals surface area (Å²) in [5.41, 5.74) is 1.14. The summed E-state index contributed by atoms with van der Waals surface area (Å²) in [6, 6.07) is 17.9. The number of hydrogen-bond donors (Lipinski definition) is 1. The lowest BCUT2D eigenvalue weighted by molar-refractivity contribution is 0.0950. The van der Waals surface area contributed by atoms with Crippen LogP contribution in [0.1, 0.15) is 15.9 Å². The Balaban J connectivity index is 1.75. The monoisotopic (exact) mass is 419 g/mol. The summed E-state index contributed by atoms with van der Waals surface area (Å²) >= 11 is 5.84. The summed E-state index contributed by atoms with van der Waals surface area (Å²) in [5.74, 6) is -1.25. The van der Waals surface area contributed by atoms with Gasteiger partial charge in [0.05, 0.1) is 5.02 Å². The molecular weight excluding hydrogens is 405 g/mol. The quantitative estimate of drug-likeness (QED) is 0.608. The fourth-order valence-corrected chi connectivity index (χ4v) is 3.82. The van der Waals surface area contributed by atoms with Gasteiger partial charge in [0.15, 0.2) is 0 Å². The van der Waals surface area contributed by atoms with Gasteiger partial charge in [0, 0.05) is 12.1 Å². The molecule has 0 aliphatic carbocycles. The lowest BCUT2D eigenvalue weighted by Gasteiger charge is -2.10. The molecular formula is C20H15ClFNO4S. The lowest BCUT2D eigenvalue weighted by Crippen LogP contribution is -2.22. The molecule has 0 unspecified atom stereocenters. The third-order valence-corrected chi connectivity index (χ3v) is 5.49. The second kappa shape index (κ2) is 8.41. The largest absolute Gasteiger partial charge is 0.379 e. The van der Waals surface area contributed by atoms with Crippen molar-refractivity contribution in [1.29, 1.82) is 0 Å². The molecule has 3 aromatic carbocycles. The highest BCUT2D eigenvalue weighted by molar-refractivity contribution is 7.87. The molecule has 3 rings (SSSR count). The van der Waals surface area contributed by atoms with Crippen LogP contribution in [0.3, 0.4) is 0 Å². The first kappa shape index (κ1) is 19.9. The number of hydrogen-bond acceptors (Lipinski definition) is 4. The molecule has 8 heteroatoms. The first-order chi connectivity index (χ1) is 13.3. The molecule has 144 valence electrons. The first-order valence-electron chi connectivity index (χ1n) is 8.17. The number of nitrogens with one attached hydrogen (secondary N) is 1. The molecule has 0 radical (unpaired) electrons. The van der Waals surface area contributed by atoms with Crippen LogP contribution in [0.25, 0.3) is 0 Å². The maximum absolute atomic E-state index is 13.4. The van der Waals surface area contributed by atoms with E-state index in [1.165, 1.54) is 24.3 Å². The molecule has 1 N–H and O–H groups in total. The SMILES string of the molecule is O=C(NCc1ccccc1)c1cccc(OS(=O)(=O)c2cc(F)ccc2Cl)c1. The molecule has 1 amide bonds. The summed E-state index contributed by atoms with van der Waals surface area (Å²) in [4.78, 5) is 11.8. The van der Waals surface area contributed by atoms with E-state index in [-0.39, 0.29) is 16.3 Å². The van der Waals surface area contributed by atoms with E-state index >= 15 is 0 Å². The zero-order valence-electron chi connectivity index (χ0n) is 14.4. The Bertz CT molecular complexity index is 1100. The summed E-state index contributed by atoms with van der Waals surface area (Å²) in [5, 5.41) is 2.57. The van der Waals surface area contributed by atoms with Gasteiger partial charge >= 0.3 is 10.1 Å². The Morgan fingerprint density at radius 3 is 2.50 bits per heavy atom. The summed E-state index contributed by atoms with van der Waals surface area (Å²) < 4.78 is 43.2. The average Bonchev–Trinajstić information content (AvgIpc) is 2.68. The molecule has 0 atom stereocenters. The van der Waals surface area contributed by atoms with Crippen LogP contribution >= 0.6 is 11.6 Å². The van der Waals surface area contributed by atoms with Gasteiger partial charge in [-0.2, -0.15) is 8.42 Å². The van der Waals surface area contributed by atoms with E-state index in [0.717, 1.165) is 23.8 Å². The van der Waals surface area contributed by atoms with E-state index in [2.05, 4.69) is 5.32 Å². The van der Waals surface area contributed by atoms with Crippen LogP contribution in [0.4, 0.5) is 4.39 Å². The van der Waals surface area contributed by atoms with Gasteiger partial charge in [-0.1, -0.05) is 48.0 Å². The first-order valence-corrected chi connectivity index (χ1v) is 9.95. The summed E-state index contributed by atoms with van der Waals surface area (Å²) in [6.45, 7) is 0.321. The average molecular weight is 420 g/mol. The number of carbonyl (C=O) groups excluding carboxylic acids is 1. The molecule has 5 nitrogen and oxygen atoms in total. The Kier molecular flexibility index (Phi) is 5.96. The van der Waals surface area contributed by atoms with Crippen molar-refractivity contribution in [3.05, 3.63) is 94.8 Å². The van der Waals surface area contributed by atoms with Crippen LogP contribution < -0.4 is 9.50 Å². The molecule has 0 aliphatic heterocycles. The topological polar surface area (TPSA) is 72.5 Å². The summed E-state index contributed by atoms with van der Waals surface area (Å²) in [7, 11) is -4.37. The third kappa shape index (κ3) is 4.88. The van der Waals surface area contributed by atoms with Gasteiger partial charge in [0.2, 0.25) is 0 Å².